The summed E-state index contributed by atoms with van der Waals surface area (Å²) < 4.78 is 18.4. The number of benzene rings is 1. The van der Waals surface area contributed by atoms with Crippen molar-refractivity contribution in [3.8, 4) is 0 Å². The zero-order valence-corrected chi connectivity index (χ0v) is 15.3. The summed E-state index contributed by atoms with van der Waals surface area (Å²) in [5.74, 6) is 0.114. The van der Waals surface area contributed by atoms with Crippen LogP contribution in [0.15, 0.2) is 39.9 Å². The van der Waals surface area contributed by atoms with Crippen LogP contribution < -0.4 is 10.7 Å². The second-order valence-corrected chi connectivity index (χ2v) is 6.10. The molecule has 6 nitrogen and oxygen atoms in total. The third-order valence-corrected chi connectivity index (χ3v) is 3.87. The van der Waals surface area contributed by atoms with Gasteiger partial charge in [0.1, 0.15) is 17.3 Å². The predicted octanol–water partition coefficient (Wildman–Crippen LogP) is 3.13. The zero-order chi connectivity index (χ0) is 19.1. The maximum absolute atomic E-state index is 12.9. The summed E-state index contributed by atoms with van der Waals surface area (Å²) in [5, 5.41) is 16.3. The van der Waals surface area contributed by atoms with Crippen LogP contribution in [0.5, 0.6) is 0 Å². The molecule has 0 bridgehead atoms. The standard InChI is InChI=1S/C18H20FN3O3S/c1-11(16-9-15(25-12(16)2)7-8-17(23)24)21-22-18(26)20-10-13-3-5-14(19)6-4-13/h3-6,9H,7-8,10H2,1-2H3,(H,23,24)(H2,20,22,26)/b21-11-. The quantitative estimate of drug-likeness (QED) is 0.390. The minimum absolute atomic E-state index is 0.0121. The summed E-state index contributed by atoms with van der Waals surface area (Å²) in [6, 6.07) is 7.91. The van der Waals surface area contributed by atoms with Crippen LogP contribution >= 0.6 is 12.2 Å². The van der Waals surface area contributed by atoms with Crippen molar-refractivity contribution in [3.63, 3.8) is 0 Å². The molecule has 0 aliphatic rings. The first-order chi connectivity index (χ1) is 12.3. The van der Waals surface area contributed by atoms with E-state index in [4.69, 9.17) is 21.7 Å². The van der Waals surface area contributed by atoms with Crippen LogP contribution in [-0.2, 0) is 17.8 Å². The summed E-state index contributed by atoms with van der Waals surface area (Å²) in [6.45, 7) is 4.04. The Morgan fingerprint density at radius 3 is 2.69 bits per heavy atom. The lowest BCUT2D eigenvalue weighted by atomic mass is 10.1. The Labute approximate surface area is 156 Å². The summed E-state index contributed by atoms with van der Waals surface area (Å²) in [5.41, 5.74) is 5.10. The molecule has 1 aromatic carbocycles. The third kappa shape index (κ3) is 5.96. The highest BCUT2D eigenvalue weighted by atomic mass is 32.1. The van der Waals surface area contributed by atoms with Gasteiger partial charge in [-0.15, -0.1) is 0 Å². The van der Waals surface area contributed by atoms with Gasteiger partial charge in [0.15, 0.2) is 5.11 Å². The van der Waals surface area contributed by atoms with Gasteiger partial charge in [-0.05, 0) is 49.8 Å². The molecule has 0 radical (unpaired) electrons. The molecule has 0 saturated heterocycles. The van der Waals surface area contributed by atoms with Crippen molar-refractivity contribution in [2.75, 3.05) is 0 Å². The lowest BCUT2D eigenvalue weighted by Crippen LogP contribution is -2.32. The first-order valence-electron chi connectivity index (χ1n) is 7.99. The second kappa shape index (κ2) is 9.10. The predicted molar refractivity (Wildman–Crippen MR) is 101 cm³/mol. The van der Waals surface area contributed by atoms with Gasteiger partial charge in [0.2, 0.25) is 0 Å². The summed E-state index contributed by atoms with van der Waals surface area (Å²) >= 11 is 5.16. The topological polar surface area (TPSA) is 86.9 Å². The SMILES string of the molecule is C/C(=N/NC(=S)NCc1ccc(F)cc1)c1cc(CCC(=O)O)oc1C. The first kappa shape index (κ1) is 19.6. The molecule has 0 unspecified atom stereocenters. The van der Waals surface area contributed by atoms with Gasteiger partial charge in [0, 0.05) is 18.5 Å². The van der Waals surface area contributed by atoms with Crippen LogP contribution in [-0.4, -0.2) is 21.9 Å². The molecule has 0 atom stereocenters. The average Bonchev–Trinajstić information content (AvgIpc) is 2.98. The van der Waals surface area contributed by atoms with E-state index >= 15 is 0 Å². The van der Waals surface area contributed by atoms with Crippen LogP contribution in [0, 0.1) is 12.7 Å². The highest BCUT2D eigenvalue weighted by molar-refractivity contribution is 7.80. The van der Waals surface area contributed by atoms with Crippen molar-refractivity contribution in [2.24, 2.45) is 5.10 Å². The van der Waals surface area contributed by atoms with E-state index in [-0.39, 0.29) is 12.2 Å². The van der Waals surface area contributed by atoms with E-state index in [1.54, 1.807) is 32.0 Å². The Morgan fingerprint density at radius 2 is 2.04 bits per heavy atom. The van der Waals surface area contributed by atoms with Gasteiger partial charge in [-0.25, -0.2) is 4.39 Å². The molecule has 1 aromatic heterocycles. The van der Waals surface area contributed by atoms with Crippen LogP contribution in [0.25, 0.3) is 0 Å². The lowest BCUT2D eigenvalue weighted by molar-refractivity contribution is -0.137. The number of hydrogen-bond donors (Lipinski definition) is 3. The Hall–Kier alpha value is -2.74. The molecular weight excluding hydrogens is 357 g/mol. The van der Waals surface area contributed by atoms with Gasteiger partial charge in [0.25, 0.3) is 0 Å². The number of halogens is 1. The highest BCUT2D eigenvalue weighted by Crippen LogP contribution is 2.17. The normalized spacial score (nSPS) is 11.3. The molecule has 2 rings (SSSR count). The van der Waals surface area contributed by atoms with Crippen LogP contribution in [0.2, 0.25) is 0 Å². The van der Waals surface area contributed by atoms with Gasteiger partial charge in [-0.2, -0.15) is 5.10 Å². The van der Waals surface area contributed by atoms with E-state index in [1.807, 2.05) is 0 Å². The first-order valence-corrected chi connectivity index (χ1v) is 8.40. The Balaban J connectivity index is 1.89. The molecule has 0 aliphatic heterocycles. The van der Waals surface area contributed by atoms with E-state index in [9.17, 15) is 9.18 Å². The van der Waals surface area contributed by atoms with Crippen LogP contribution in [0.3, 0.4) is 0 Å². The number of furan rings is 1. The molecule has 1 heterocycles. The molecule has 0 aliphatic carbocycles. The van der Waals surface area contributed by atoms with Gasteiger partial charge in [0.05, 0.1) is 12.1 Å². The van der Waals surface area contributed by atoms with Gasteiger partial charge < -0.3 is 14.8 Å². The molecule has 0 amide bonds. The van der Waals surface area contributed by atoms with Gasteiger partial charge in [-0.1, -0.05) is 12.1 Å². The third-order valence-electron chi connectivity index (χ3n) is 3.64. The minimum Gasteiger partial charge on any atom is -0.481 e. The lowest BCUT2D eigenvalue weighted by Gasteiger charge is -2.08. The smallest absolute Gasteiger partial charge is 0.303 e. The van der Waals surface area contributed by atoms with Crippen molar-refractivity contribution in [1.29, 1.82) is 0 Å². The van der Waals surface area contributed by atoms with E-state index in [0.717, 1.165) is 11.1 Å². The Kier molecular flexibility index (Phi) is 6.85. The number of aryl methyl sites for hydroxylation is 2. The number of nitrogens with one attached hydrogen (secondary N) is 2. The fourth-order valence-corrected chi connectivity index (χ4v) is 2.39. The molecule has 0 saturated carbocycles. The van der Waals surface area contributed by atoms with Crippen molar-refractivity contribution >= 4 is 29.0 Å². The van der Waals surface area contributed by atoms with Crippen LogP contribution in [0.1, 0.15) is 36.0 Å². The monoisotopic (exact) mass is 377 g/mol. The number of thiocarbonyl (C=S) groups is 1. The Morgan fingerprint density at radius 1 is 1.35 bits per heavy atom. The molecule has 138 valence electrons. The maximum Gasteiger partial charge on any atom is 0.303 e. The van der Waals surface area contributed by atoms with E-state index in [0.29, 0.717) is 35.3 Å². The number of aliphatic carboxylic acids is 1. The molecule has 0 spiro atoms. The molecule has 26 heavy (non-hydrogen) atoms. The summed E-state index contributed by atoms with van der Waals surface area (Å²) in [6.07, 6.45) is 0.340. The number of hydrazone groups is 1. The second-order valence-electron chi connectivity index (χ2n) is 5.69. The number of carboxylic acids is 1. The number of carbonyl (C=O) groups is 1. The molecule has 8 heteroatoms. The van der Waals surface area contributed by atoms with Crippen LogP contribution in [0.4, 0.5) is 4.39 Å². The fraction of sp³-hybridized carbons (Fsp3) is 0.278. The number of hydrogen-bond acceptors (Lipinski definition) is 4. The molecule has 2 aromatic rings. The van der Waals surface area contributed by atoms with E-state index in [2.05, 4.69) is 15.8 Å². The van der Waals surface area contributed by atoms with E-state index in [1.165, 1.54) is 12.1 Å². The maximum atomic E-state index is 12.9. The fourth-order valence-electron chi connectivity index (χ4n) is 2.28. The van der Waals surface area contributed by atoms with Crippen molar-refractivity contribution in [2.45, 2.75) is 33.2 Å². The summed E-state index contributed by atoms with van der Waals surface area (Å²) in [4.78, 5) is 10.6. The largest absolute Gasteiger partial charge is 0.481 e. The minimum atomic E-state index is -0.870. The number of nitrogens with zero attached hydrogens (tertiary/aromatic N) is 1. The Bertz CT molecular complexity index is 816. The molecular formula is C18H20FN3O3S. The van der Waals surface area contributed by atoms with Gasteiger partial charge in [-0.3, -0.25) is 10.2 Å². The van der Waals surface area contributed by atoms with Gasteiger partial charge >= 0.3 is 5.97 Å². The zero-order valence-electron chi connectivity index (χ0n) is 14.5. The average molecular weight is 377 g/mol. The number of carboxylic acid groups (broad SMARTS) is 1. The van der Waals surface area contributed by atoms with Crippen molar-refractivity contribution in [3.05, 3.63) is 58.8 Å². The van der Waals surface area contributed by atoms with Crippen molar-refractivity contribution in [1.82, 2.24) is 10.7 Å². The number of rotatable bonds is 7. The summed E-state index contributed by atoms with van der Waals surface area (Å²) in [7, 11) is 0. The van der Waals surface area contributed by atoms with Crippen molar-refractivity contribution < 1.29 is 18.7 Å². The molecule has 0 fully saturated rings. The highest BCUT2D eigenvalue weighted by Gasteiger charge is 2.11. The van der Waals surface area contributed by atoms with E-state index < -0.39 is 5.97 Å². The molecule has 3 N–H and O–H groups in total.